The quantitative estimate of drug-likeness (QED) is 0.757. The predicted octanol–water partition coefficient (Wildman–Crippen LogP) is 5.72. The lowest BCUT2D eigenvalue weighted by Gasteiger charge is -2.28. The fraction of sp³-hybridized carbons (Fsp3) is 0.368. The molecule has 21 heavy (non-hydrogen) atoms. The Morgan fingerprint density at radius 2 is 1.71 bits per heavy atom. The highest BCUT2D eigenvalue weighted by Gasteiger charge is 2.20. The molecule has 1 atom stereocenters. The molecule has 0 saturated carbocycles. The number of aryl methyl sites for hydroxylation is 1. The molecule has 0 spiro atoms. The van der Waals surface area contributed by atoms with Crippen molar-refractivity contribution < 1.29 is 4.39 Å². The van der Waals surface area contributed by atoms with Crippen LogP contribution in [-0.2, 0) is 0 Å². The van der Waals surface area contributed by atoms with Crippen molar-refractivity contribution in [2.75, 3.05) is 5.32 Å². The lowest BCUT2D eigenvalue weighted by molar-refractivity contribution is 0.352. The Kier molecular flexibility index (Phi) is 4.66. The fourth-order valence-electron chi connectivity index (χ4n) is 2.57. The molecule has 0 bridgehead atoms. The van der Waals surface area contributed by atoms with E-state index in [9.17, 15) is 4.39 Å². The zero-order chi connectivity index (χ0) is 15.5. The summed E-state index contributed by atoms with van der Waals surface area (Å²) in [5, 5.41) is 3.49. The molecule has 1 nitrogen and oxygen atoms in total. The van der Waals surface area contributed by atoms with Crippen molar-refractivity contribution in [2.24, 2.45) is 5.41 Å². The van der Waals surface area contributed by atoms with Crippen LogP contribution in [0.25, 0.3) is 0 Å². The number of rotatable bonds is 4. The maximum atomic E-state index is 13.6. The Labute approximate surface area is 127 Å². The van der Waals surface area contributed by atoms with Crippen molar-refractivity contribution in [3.8, 4) is 0 Å². The third-order valence-corrected chi connectivity index (χ3v) is 3.40. The molecule has 0 heterocycles. The van der Waals surface area contributed by atoms with Gasteiger partial charge in [0.05, 0.1) is 6.04 Å². The molecule has 0 aliphatic heterocycles. The molecule has 2 heteroatoms. The van der Waals surface area contributed by atoms with E-state index in [0.29, 0.717) is 0 Å². The summed E-state index contributed by atoms with van der Waals surface area (Å²) >= 11 is 0. The van der Waals surface area contributed by atoms with E-state index >= 15 is 0 Å². The van der Waals surface area contributed by atoms with Crippen molar-refractivity contribution in [1.29, 1.82) is 0 Å². The molecule has 0 radical (unpaired) electrons. The first-order chi connectivity index (χ1) is 9.83. The molecule has 0 saturated heterocycles. The fourth-order valence-corrected chi connectivity index (χ4v) is 2.57. The van der Waals surface area contributed by atoms with Gasteiger partial charge in [0.15, 0.2) is 0 Å². The van der Waals surface area contributed by atoms with Gasteiger partial charge in [-0.3, -0.25) is 0 Å². The lowest BCUT2D eigenvalue weighted by atomic mass is 9.85. The maximum absolute atomic E-state index is 13.6. The van der Waals surface area contributed by atoms with Gasteiger partial charge < -0.3 is 5.32 Å². The van der Waals surface area contributed by atoms with Gasteiger partial charge in [0.25, 0.3) is 0 Å². The Morgan fingerprint density at radius 1 is 1.05 bits per heavy atom. The number of halogens is 1. The number of benzene rings is 2. The molecule has 0 aliphatic rings. The first-order valence-corrected chi connectivity index (χ1v) is 7.42. The summed E-state index contributed by atoms with van der Waals surface area (Å²) in [6.07, 6.45) is 0.979. The second-order valence-electron chi connectivity index (χ2n) is 6.89. The zero-order valence-electron chi connectivity index (χ0n) is 13.3. The summed E-state index contributed by atoms with van der Waals surface area (Å²) in [5.74, 6) is -0.194. The summed E-state index contributed by atoms with van der Waals surface area (Å²) in [4.78, 5) is 0. The summed E-state index contributed by atoms with van der Waals surface area (Å²) in [5.41, 5.74) is 3.19. The van der Waals surface area contributed by atoms with Crippen LogP contribution in [0, 0.1) is 18.2 Å². The van der Waals surface area contributed by atoms with E-state index < -0.39 is 0 Å². The maximum Gasteiger partial charge on any atom is 0.125 e. The van der Waals surface area contributed by atoms with Crippen LogP contribution in [-0.4, -0.2) is 0 Å². The minimum atomic E-state index is -0.194. The van der Waals surface area contributed by atoms with Gasteiger partial charge in [-0.1, -0.05) is 51.1 Å². The van der Waals surface area contributed by atoms with Gasteiger partial charge in [-0.15, -0.1) is 0 Å². The minimum Gasteiger partial charge on any atom is -0.378 e. The van der Waals surface area contributed by atoms with Gasteiger partial charge >= 0.3 is 0 Å². The summed E-state index contributed by atoms with van der Waals surface area (Å²) in [7, 11) is 0. The van der Waals surface area contributed by atoms with Crippen molar-refractivity contribution in [3.05, 3.63) is 65.5 Å². The molecule has 1 unspecified atom stereocenters. The van der Waals surface area contributed by atoms with Gasteiger partial charge in [-0.25, -0.2) is 4.39 Å². The average Bonchev–Trinajstić information content (AvgIpc) is 2.36. The van der Waals surface area contributed by atoms with E-state index in [1.54, 1.807) is 12.1 Å². The van der Waals surface area contributed by atoms with Crippen LogP contribution in [0.2, 0.25) is 0 Å². The average molecular weight is 285 g/mol. The van der Waals surface area contributed by atoms with Crippen LogP contribution in [0.15, 0.2) is 48.5 Å². The highest BCUT2D eigenvalue weighted by Crippen LogP contribution is 2.32. The van der Waals surface area contributed by atoms with Crippen molar-refractivity contribution in [2.45, 2.75) is 40.2 Å². The number of nitrogens with one attached hydrogen (secondary N) is 1. The largest absolute Gasteiger partial charge is 0.378 e. The van der Waals surface area contributed by atoms with Gasteiger partial charge in [0.2, 0.25) is 0 Å². The van der Waals surface area contributed by atoms with Gasteiger partial charge in [-0.05, 0) is 48.1 Å². The Balaban J connectivity index is 2.27. The van der Waals surface area contributed by atoms with Crippen LogP contribution < -0.4 is 5.32 Å². The summed E-state index contributed by atoms with van der Waals surface area (Å²) in [6.45, 7) is 8.58. The van der Waals surface area contributed by atoms with E-state index in [0.717, 1.165) is 17.7 Å². The molecule has 0 aromatic heterocycles. The Morgan fingerprint density at radius 3 is 2.29 bits per heavy atom. The van der Waals surface area contributed by atoms with E-state index in [2.05, 4.69) is 38.2 Å². The van der Waals surface area contributed by atoms with Crippen LogP contribution in [0.3, 0.4) is 0 Å². The molecule has 2 rings (SSSR count). The normalized spacial score (nSPS) is 13.0. The molecule has 1 N–H and O–H groups in total. The molecular formula is C19H24FN. The first kappa shape index (κ1) is 15.6. The van der Waals surface area contributed by atoms with Gasteiger partial charge in [0.1, 0.15) is 5.82 Å². The third kappa shape index (κ3) is 4.89. The standard InChI is InChI=1S/C19H24FN/c1-14-10-16(20)12-17(11-14)21-18(13-19(2,3)4)15-8-6-5-7-9-15/h5-12,18,21H,13H2,1-4H3. The van der Waals surface area contributed by atoms with Crippen molar-refractivity contribution in [3.63, 3.8) is 0 Å². The Hall–Kier alpha value is -1.83. The molecule has 0 aliphatic carbocycles. The van der Waals surface area contributed by atoms with Crippen molar-refractivity contribution >= 4 is 5.69 Å². The number of hydrogen-bond donors (Lipinski definition) is 1. The SMILES string of the molecule is Cc1cc(F)cc(NC(CC(C)(C)C)c2ccccc2)c1. The Bertz CT molecular complexity index is 564. The highest BCUT2D eigenvalue weighted by atomic mass is 19.1. The number of hydrogen-bond acceptors (Lipinski definition) is 1. The molecule has 0 amide bonds. The number of anilines is 1. The smallest absolute Gasteiger partial charge is 0.125 e. The van der Waals surface area contributed by atoms with E-state index in [-0.39, 0.29) is 17.3 Å². The molecule has 2 aromatic carbocycles. The van der Waals surface area contributed by atoms with E-state index in [1.165, 1.54) is 5.56 Å². The van der Waals surface area contributed by atoms with E-state index in [1.807, 2.05) is 31.2 Å². The van der Waals surface area contributed by atoms with Gasteiger partial charge in [-0.2, -0.15) is 0 Å². The molecule has 112 valence electrons. The predicted molar refractivity (Wildman–Crippen MR) is 88.0 cm³/mol. The van der Waals surface area contributed by atoms with Crippen LogP contribution in [0.4, 0.5) is 10.1 Å². The van der Waals surface area contributed by atoms with E-state index in [4.69, 9.17) is 0 Å². The first-order valence-electron chi connectivity index (χ1n) is 7.42. The second-order valence-corrected chi connectivity index (χ2v) is 6.89. The summed E-state index contributed by atoms with van der Waals surface area (Å²) < 4.78 is 13.6. The van der Waals surface area contributed by atoms with Crippen molar-refractivity contribution in [1.82, 2.24) is 0 Å². The van der Waals surface area contributed by atoms with Crippen LogP contribution in [0.1, 0.15) is 44.4 Å². The third-order valence-electron chi connectivity index (χ3n) is 3.40. The minimum absolute atomic E-state index is 0.174. The zero-order valence-corrected chi connectivity index (χ0v) is 13.3. The second kappa shape index (κ2) is 6.30. The molecule has 0 fully saturated rings. The van der Waals surface area contributed by atoms with Crippen LogP contribution >= 0.6 is 0 Å². The summed E-state index contributed by atoms with van der Waals surface area (Å²) in [6, 6.07) is 15.6. The molecular weight excluding hydrogens is 261 g/mol. The van der Waals surface area contributed by atoms with Crippen LogP contribution in [0.5, 0.6) is 0 Å². The lowest BCUT2D eigenvalue weighted by Crippen LogP contribution is -2.18. The monoisotopic (exact) mass is 285 g/mol. The highest BCUT2D eigenvalue weighted by molar-refractivity contribution is 5.48. The van der Waals surface area contributed by atoms with Gasteiger partial charge in [0, 0.05) is 5.69 Å². The topological polar surface area (TPSA) is 12.0 Å². The molecule has 2 aromatic rings.